The van der Waals surface area contributed by atoms with Gasteiger partial charge < -0.3 is 9.64 Å². The van der Waals surface area contributed by atoms with Gasteiger partial charge in [-0.25, -0.2) is 19.3 Å². The number of aromatic nitrogens is 4. The maximum absolute atomic E-state index is 14.6. The average molecular weight is 535 g/mol. The monoisotopic (exact) mass is 534 g/mol. The standard InChI is InChI=1S/C27H24ClFN6O3/c1-38-23-8-7-21(29)25(31-23)26(37)35-18-11-20(36)12-19(35)14-33(13-18)15-22-24(16-3-5-17(28)6-4-16)32-27-30-9-2-10-34(22)27/h2-10,18-19H,11-15H2,1H3. The highest BCUT2D eigenvalue weighted by Gasteiger charge is 2.44. The number of piperazine rings is 1. The number of hydrogen-bond donors (Lipinski definition) is 0. The summed E-state index contributed by atoms with van der Waals surface area (Å²) in [5, 5.41) is 0.637. The highest BCUT2D eigenvalue weighted by molar-refractivity contribution is 6.30. The van der Waals surface area contributed by atoms with Gasteiger partial charge in [0, 0.05) is 61.5 Å². The number of ether oxygens (including phenoxy) is 1. The zero-order valence-electron chi connectivity index (χ0n) is 20.6. The van der Waals surface area contributed by atoms with Crippen molar-refractivity contribution in [2.75, 3.05) is 20.2 Å². The van der Waals surface area contributed by atoms with Crippen LogP contribution >= 0.6 is 11.6 Å². The zero-order valence-corrected chi connectivity index (χ0v) is 21.3. The van der Waals surface area contributed by atoms with E-state index in [1.807, 2.05) is 40.9 Å². The lowest BCUT2D eigenvalue weighted by Crippen LogP contribution is -2.64. The van der Waals surface area contributed by atoms with Gasteiger partial charge in [0.15, 0.2) is 11.5 Å². The molecule has 2 unspecified atom stereocenters. The fraction of sp³-hybridized carbons (Fsp3) is 0.296. The number of nitrogens with zero attached hydrogens (tertiary/aromatic N) is 6. The third-order valence-corrected chi connectivity index (χ3v) is 7.36. The normalized spacial score (nSPS) is 19.7. The highest BCUT2D eigenvalue weighted by atomic mass is 35.5. The first-order valence-corrected chi connectivity index (χ1v) is 12.6. The first kappa shape index (κ1) is 24.4. The Balaban J connectivity index is 1.31. The van der Waals surface area contributed by atoms with Crippen LogP contribution in [0.5, 0.6) is 5.88 Å². The molecule has 1 amide bonds. The van der Waals surface area contributed by atoms with Crippen molar-refractivity contribution in [3.63, 3.8) is 0 Å². The number of piperidine rings is 1. The summed E-state index contributed by atoms with van der Waals surface area (Å²) < 4.78 is 21.7. The largest absolute Gasteiger partial charge is 0.481 e. The van der Waals surface area contributed by atoms with E-state index in [1.54, 1.807) is 11.1 Å². The van der Waals surface area contributed by atoms with E-state index < -0.39 is 23.8 Å². The van der Waals surface area contributed by atoms with Crippen molar-refractivity contribution in [1.82, 2.24) is 29.2 Å². The predicted octanol–water partition coefficient (Wildman–Crippen LogP) is 3.65. The van der Waals surface area contributed by atoms with E-state index in [4.69, 9.17) is 21.3 Å². The maximum Gasteiger partial charge on any atom is 0.276 e. The number of amides is 1. The lowest BCUT2D eigenvalue weighted by atomic mass is 9.89. The number of benzene rings is 1. The van der Waals surface area contributed by atoms with Gasteiger partial charge in [0.1, 0.15) is 5.78 Å². The molecule has 0 spiro atoms. The summed E-state index contributed by atoms with van der Waals surface area (Å²) in [6, 6.07) is 11.1. The molecule has 5 heterocycles. The number of rotatable bonds is 5. The Morgan fingerprint density at radius 3 is 2.55 bits per heavy atom. The van der Waals surface area contributed by atoms with E-state index >= 15 is 0 Å². The van der Waals surface area contributed by atoms with E-state index in [-0.39, 0.29) is 30.2 Å². The number of fused-ring (bicyclic) bond motifs is 3. The number of Topliss-reactive ketones (excluding diaryl/α,β-unsaturated/α-hetero) is 1. The van der Waals surface area contributed by atoms with Crippen molar-refractivity contribution in [3.05, 3.63) is 77.1 Å². The second-order valence-electron chi connectivity index (χ2n) is 9.55. The highest BCUT2D eigenvalue weighted by Crippen LogP contribution is 2.32. The van der Waals surface area contributed by atoms with Crippen LogP contribution in [-0.4, -0.2) is 73.1 Å². The summed E-state index contributed by atoms with van der Waals surface area (Å²) >= 11 is 6.11. The molecule has 2 atom stereocenters. The van der Waals surface area contributed by atoms with Gasteiger partial charge in [-0.05, 0) is 24.3 Å². The minimum absolute atomic E-state index is 0.101. The van der Waals surface area contributed by atoms with E-state index in [9.17, 15) is 14.0 Å². The summed E-state index contributed by atoms with van der Waals surface area (Å²) in [6.07, 6.45) is 4.04. The van der Waals surface area contributed by atoms with Crippen molar-refractivity contribution in [1.29, 1.82) is 0 Å². The molecule has 0 saturated carbocycles. The predicted molar refractivity (Wildman–Crippen MR) is 137 cm³/mol. The Bertz CT molecular complexity index is 1520. The minimum Gasteiger partial charge on any atom is -0.481 e. The SMILES string of the molecule is COc1ccc(F)c(C(=O)N2C3CC(=O)CC2CN(Cc2c(-c4ccc(Cl)cc4)nc4ncccn24)C3)n1. The molecule has 194 valence electrons. The van der Waals surface area contributed by atoms with Crippen molar-refractivity contribution in [2.45, 2.75) is 31.5 Å². The molecule has 0 aliphatic carbocycles. The number of likely N-dealkylation sites (tertiary alicyclic amines) is 1. The van der Waals surface area contributed by atoms with Gasteiger partial charge >= 0.3 is 0 Å². The number of halogens is 2. The van der Waals surface area contributed by atoms with Crippen LogP contribution in [0.4, 0.5) is 4.39 Å². The number of methoxy groups -OCH3 is 1. The second-order valence-corrected chi connectivity index (χ2v) is 9.99. The summed E-state index contributed by atoms with van der Waals surface area (Å²) in [5.74, 6) is -0.400. The topological polar surface area (TPSA) is 92.9 Å². The lowest BCUT2D eigenvalue weighted by Gasteiger charge is -2.49. The molecule has 11 heteroatoms. The Morgan fingerprint density at radius 1 is 1.11 bits per heavy atom. The number of carbonyl (C=O) groups excluding carboxylic acids is 2. The van der Waals surface area contributed by atoms with Crippen LogP contribution < -0.4 is 4.74 Å². The van der Waals surface area contributed by atoms with Gasteiger partial charge in [0.05, 0.1) is 30.6 Å². The van der Waals surface area contributed by atoms with Crippen LogP contribution in [0.2, 0.25) is 5.02 Å². The van der Waals surface area contributed by atoms with Crippen molar-refractivity contribution < 1.29 is 18.7 Å². The summed E-state index contributed by atoms with van der Waals surface area (Å²) in [5.41, 5.74) is 2.36. The second kappa shape index (κ2) is 9.77. The molecule has 2 aliphatic heterocycles. The summed E-state index contributed by atoms with van der Waals surface area (Å²) in [7, 11) is 1.41. The molecule has 0 N–H and O–H groups in total. The van der Waals surface area contributed by atoms with Crippen LogP contribution in [0, 0.1) is 5.82 Å². The molecule has 2 bridgehead atoms. The first-order chi connectivity index (χ1) is 18.4. The fourth-order valence-electron chi connectivity index (χ4n) is 5.49. The van der Waals surface area contributed by atoms with Crippen LogP contribution in [0.25, 0.3) is 17.0 Å². The molecule has 6 rings (SSSR count). The molecule has 38 heavy (non-hydrogen) atoms. The molecule has 2 fully saturated rings. The molecule has 3 aromatic heterocycles. The minimum atomic E-state index is -0.714. The lowest BCUT2D eigenvalue weighted by molar-refractivity contribution is -0.127. The molecule has 9 nitrogen and oxygen atoms in total. The van der Waals surface area contributed by atoms with Crippen molar-refractivity contribution in [3.8, 4) is 17.1 Å². The van der Waals surface area contributed by atoms with Crippen molar-refractivity contribution >= 4 is 29.1 Å². The average Bonchev–Trinajstić information content (AvgIpc) is 3.26. The van der Waals surface area contributed by atoms with Crippen molar-refractivity contribution in [2.24, 2.45) is 0 Å². The van der Waals surface area contributed by atoms with Crippen LogP contribution in [0.1, 0.15) is 29.0 Å². The number of ketones is 1. The third-order valence-electron chi connectivity index (χ3n) is 7.11. The third kappa shape index (κ3) is 4.39. The van der Waals surface area contributed by atoms with Gasteiger partial charge in [0.2, 0.25) is 11.7 Å². The van der Waals surface area contributed by atoms with Gasteiger partial charge in [0.25, 0.3) is 5.91 Å². The van der Waals surface area contributed by atoms with E-state index in [0.717, 1.165) is 17.0 Å². The molecule has 0 radical (unpaired) electrons. The zero-order chi connectivity index (χ0) is 26.4. The maximum atomic E-state index is 14.6. The van der Waals surface area contributed by atoms with E-state index in [1.165, 1.54) is 19.2 Å². The number of hydrogen-bond acceptors (Lipinski definition) is 7. The quantitative estimate of drug-likeness (QED) is 0.386. The number of carbonyl (C=O) groups is 2. The van der Waals surface area contributed by atoms with Gasteiger partial charge in [-0.2, -0.15) is 0 Å². The fourth-order valence-corrected chi connectivity index (χ4v) is 5.61. The molecule has 2 saturated heterocycles. The van der Waals surface area contributed by atoms with E-state index in [2.05, 4.69) is 14.9 Å². The Morgan fingerprint density at radius 2 is 1.84 bits per heavy atom. The summed E-state index contributed by atoms with van der Waals surface area (Å²) in [6.45, 7) is 1.43. The smallest absolute Gasteiger partial charge is 0.276 e. The Labute approximate surface area is 222 Å². The molecule has 1 aromatic carbocycles. The molecular weight excluding hydrogens is 511 g/mol. The van der Waals surface area contributed by atoms with Crippen LogP contribution in [-0.2, 0) is 11.3 Å². The Hall–Kier alpha value is -3.89. The van der Waals surface area contributed by atoms with Crippen LogP contribution in [0.15, 0.2) is 54.9 Å². The summed E-state index contributed by atoms with van der Waals surface area (Å²) in [4.78, 5) is 43.1. The molecular formula is C27H24ClFN6O3. The first-order valence-electron chi connectivity index (χ1n) is 12.3. The number of pyridine rings is 1. The number of imidazole rings is 1. The molecule has 2 aliphatic rings. The Kier molecular flexibility index (Phi) is 6.29. The van der Waals surface area contributed by atoms with Gasteiger partial charge in [-0.3, -0.25) is 18.9 Å². The van der Waals surface area contributed by atoms with Gasteiger partial charge in [-0.15, -0.1) is 0 Å². The van der Waals surface area contributed by atoms with E-state index in [0.29, 0.717) is 30.4 Å². The van der Waals surface area contributed by atoms with Crippen LogP contribution in [0.3, 0.4) is 0 Å². The molecule has 4 aromatic rings. The van der Waals surface area contributed by atoms with Gasteiger partial charge in [-0.1, -0.05) is 23.7 Å².